The van der Waals surface area contributed by atoms with Gasteiger partial charge >= 0.3 is 5.97 Å². The monoisotopic (exact) mass is 865 g/mol. The lowest BCUT2D eigenvalue weighted by atomic mass is 9.81. The molecule has 0 aromatic rings. The Kier molecular flexibility index (Phi) is 20.5. The predicted octanol–water partition coefficient (Wildman–Crippen LogP) is 6.32. The molecule has 1 amide bonds. The van der Waals surface area contributed by atoms with Gasteiger partial charge in [0.05, 0.1) is 36.2 Å². The Morgan fingerprint density at radius 1 is 0.951 bits per heavy atom. The number of nitrogens with zero attached hydrogens (tertiary/aromatic N) is 2. The topological polar surface area (TPSA) is 183 Å². The van der Waals surface area contributed by atoms with Crippen LogP contribution in [0.25, 0.3) is 0 Å². The maximum atomic E-state index is 14.5. The fraction of sp³-hybridized carbons (Fsp3) is 0.830. The zero-order valence-corrected chi connectivity index (χ0v) is 38.1. The second-order valence-electron chi connectivity index (χ2n) is 18.4. The minimum absolute atomic E-state index is 0. The fourth-order valence-corrected chi connectivity index (χ4v) is 9.69. The van der Waals surface area contributed by atoms with Gasteiger partial charge in [0.1, 0.15) is 24.4 Å². The van der Waals surface area contributed by atoms with Gasteiger partial charge in [-0.05, 0) is 109 Å². The molecule has 0 spiro atoms. The number of carbonyl (C=O) groups excluding carboxylic acids is 3. The van der Waals surface area contributed by atoms with Gasteiger partial charge in [-0.2, -0.15) is 0 Å². The van der Waals surface area contributed by atoms with E-state index >= 15 is 0 Å². The molecule has 2 saturated heterocycles. The van der Waals surface area contributed by atoms with Gasteiger partial charge in [0.25, 0.3) is 11.7 Å². The molecule has 4 aliphatic rings. The average Bonchev–Trinajstić information content (AvgIpc) is 3.22. The molecule has 350 valence electrons. The Morgan fingerprint density at radius 2 is 1.61 bits per heavy atom. The number of piperidine rings is 1. The first-order valence-electron chi connectivity index (χ1n) is 22.4. The highest BCUT2D eigenvalue weighted by Gasteiger charge is 2.56. The molecule has 14 nitrogen and oxygen atoms in total. The van der Waals surface area contributed by atoms with Gasteiger partial charge in [-0.15, -0.1) is 0 Å². The molecule has 3 heterocycles. The first-order valence-corrected chi connectivity index (χ1v) is 22.4. The molecule has 1 aliphatic carbocycles. The van der Waals surface area contributed by atoms with Crippen LogP contribution in [0.15, 0.2) is 28.5 Å². The Labute approximate surface area is 365 Å². The number of ether oxygens (including phenoxy) is 5. The fourth-order valence-electron chi connectivity index (χ4n) is 9.69. The molecule has 3 N–H and O–H groups in total. The van der Waals surface area contributed by atoms with Crippen LogP contribution in [0.4, 0.5) is 0 Å². The van der Waals surface area contributed by atoms with Crippen molar-refractivity contribution in [2.45, 2.75) is 194 Å². The minimum atomic E-state index is -2.49. The van der Waals surface area contributed by atoms with Crippen LogP contribution in [0.1, 0.15) is 133 Å². The van der Waals surface area contributed by atoms with Crippen molar-refractivity contribution in [2.24, 2.45) is 34.7 Å². The van der Waals surface area contributed by atoms with Crippen molar-refractivity contribution in [2.75, 3.05) is 27.9 Å². The minimum Gasteiger partial charge on any atom is -0.456 e. The van der Waals surface area contributed by atoms with E-state index in [-0.39, 0.29) is 63.2 Å². The lowest BCUT2D eigenvalue weighted by molar-refractivity contribution is -0.302. The van der Waals surface area contributed by atoms with Crippen molar-refractivity contribution >= 4 is 23.4 Å². The molecule has 3 fully saturated rings. The van der Waals surface area contributed by atoms with Gasteiger partial charge in [-0.1, -0.05) is 58.0 Å². The number of aliphatic hydroxyl groups excluding tert-OH is 2. The molecule has 61 heavy (non-hydrogen) atoms. The van der Waals surface area contributed by atoms with Crippen molar-refractivity contribution in [3.63, 3.8) is 0 Å². The summed E-state index contributed by atoms with van der Waals surface area (Å²) in [6, 6.07) is -1.11. The zero-order chi connectivity index (χ0) is 44.5. The Balaban J connectivity index is 0.00000992. The van der Waals surface area contributed by atoms with E-state index in [4.69, 9.17) is 28.5 Å². The molecule has 0 aromatic heterocycles. The van der Waals surface area contributed by atoms with Crippen molar-refractivity contribution in [1.29, 1.82) is 0 Å². The van der Waals surface area contributed by atoms with Crippen molar-refractivity contribution in [1.82, 2.24) is 4.90 Å². The molecular formula is C47H80N2O12. The van der Waals surface area contributed by atoms with Crippen molar-refractivity contribution in [3.8, 4) is 0 Å². The molecule has 1 saturated carbocycles. The number of methoxy groups -OCH3 is 3. The number of carbonyl (C=O) groups is 3. The van der Waals surface area contributed by atoms with E-state index in [0.717, 1.165) is 5.57 Å². The Hall–Kier alpha value is -2.72. The summed E-state index contributed by atoms with van der Waals surface area (Å²) in [6.07, 6.45) is 4.69. The number of amides is 1. The molecule has 14 atom stereocenters. The summed E-state index contributed by atoms with van der Waals surface area (Å²) in [6.45, 7) is 15.5. The van der Waals surface area contributed by atoms with Crippen LogP contribution in [0.3, 0.4) is 0 Å². The number of ketones is 1. The average molecular weight is 865 g/mol. The van der Waals surface area contributed by atoms with E-state index in [1.807, 2.05) is 33.8 Å². The van der Waals surface area contributed by atoms with Gasteiger partial charge in [-0.25, -0.2) is 4.79 Å². The number of aliphatic hydroxyl groups is 3. The van der Waals surface area contributed by atoms with Gasteiger partial charge in [0.2, 0.25) is 5.79 Å². The normalized spacial score (nSPS) is 39.7. The second kappa shape index (κ2) is 23.8. The third-order valence-corrected chi connectivity index (χ3v) is 13.3. The smallest absolute Gasteiger partial charge is 0.329 e. The number of hydrogen-bond acceptors (Lipinski definition) is 13. The largest absolute Gasteiger partial charge is 0.456 e. The Morgan fingerprint density at radius 3 is 2.23 bits per heavy atom. The summed E-state index contributed by atoms with van der Waals surface area (Å²) in [5.74, 6) is -6.88. The van der Waals surface area contributed by atoms with Gasteiger partial charge < -0.3 is 48.7 Å². The number of cyclic esters (lactones) is 1. The van der Waals surface area contributed by atoms with E-state index < -0.39 is 77.9 Å². The highest BCUT2D eigenvalue weighted by atomic mass is 16.7. The van der Waals surface area contributed by atoms with E-state index in [0.29, 0.717) is 62.7 Å². The van der Waals surface area contributed by atoms with E-state index in [2.05, 4.69) is 32.0 Å². The van der Waals surface area contributed by atoms with E-state index in [1.165, 1.54) is 4.90 Å². The number of fused-ring (bicyclic) bond motifs is 3. The molecule has 4 rings (SSSR count). The molecule has 14 heteroatoms. The van der Waals surface area contributed by atoms with Crippen LogP contribution in [0, 0.1) is 29.6 Å². The Bertz CT molecular complexity index is 1530. The lowest BCUT2D eigenvalue weighted by Crippen LogP contribution is -2.64. The molecule has 2 bridgehead atoms. The number of oxime groups is 1. The SMILES string of the molecule is C.CC[C@@H]1/C=C(\C)C[C@H](C)C[C@H](OC)[C@H]2O[C@@](O)(C(=O)C(=O)N3CCCC[C@H]3C(=O)O[C@H](/C(C)=C/[C@@H]3CC[C@@H](O)[C@H](OC)C3)[C@H](C)[C@@H](O)C/C1=N/OC(C)C)[C@H](C)C[C@@H]2OC. The van der Waals surface area contributed by atoms with Crippen LogP contribution >= 0.6 is 0 Å². The summed E-state index contributed by atoms with van der Waals surface area (Å²) in [4.78, 5) is 50.1. The van der Waals surface area contributed by atoms with E-state index in [1.54, 1.807) is 28.3 Å². The number of allylic oxidation sites excluding steroid dienone is 3. The maximum absolute atomic E-state index is 14.5. The van der Waals surface area contributed by atoms with Gasteiger partial charge in [-0.3, -0.25) is 9.59 Å². The summed E-state index contributed by atoms with van der Waals surface area (Å²) >= 11 is 0. The van der Waals surface area contributed by atoms with Gasteiger partial charge in [0.15, 0.2) is 0 Å². The first kappa shape index (κ1) is 52.6. The van der Waals surface area contributed by atoms with E-state index in [9.17, 15) is 29.7 Å². The third-order valence-electron chi connectivity index (χ3n) is 13.3. The second-order valence-corrected chi connectivity index (χ2v) is 18.4. The third kappa shape index (κ3) is 13.2. The van der Waals surface area contributed by atoms with Crippen molar-refractivity contribution in [3.05, 3.63) is 23.3 Å². The highest BCUT2D eigenvalue weighted by Crippen LogP contribution is 2.39. The standard InChI is InChI=1S/C46H76N2O12.CH4/c1-12-33-20-27(4)19-28(5)21-39(56-10)42-40(57-11)23-30(7)46(54,59-42)43(51)44(52)48-18-14-13-15-35(48)45(53)58-41(31(8)37(50)25-34(33)47-60-26(2)3)29(6)22-32-16-17-36(49)38(24-32)55-9;/h20,22,26,28,30-33,35-42,49-50,54H,12-19,21,23-25H2,1-11H3;1H4/b27-20+,29-22+,47-34-;/t28-,30+,31+,32-,33+,35-,36+,37-,38+,39-,40-,41+,42+,46+;/m0./s1. The molecule has 0 aromatic carbocycles. The molecular weight excluding hydrogens is 785 g/mol. The van der Waals surface area contributed by atoms with Crippen LogP contribution in [0.2, 0.25) is 0 Å². The quantitative estimate of drug-likeness (QED) is 0.107. The van der Waals surface area contributed by atoms with Crippen LogP contribution in [-0.2, 0) is 42.9 Å². The van der Waals surface area contributed by atoms with Crippen LogP contribution < -0.4 is 0 Å². The predicted molar refractivity (Wildman–Crippen MR) is 233 cm³/mol. The first-order chi connectivity index (χ1) is 28.4. The van der Waals surface area contributed by atoms with Crippen LogP contribution in [0.5, 0.6) is 0 Å². The van der Waals surface area contributed by atoms with Crippen molar-refractivity contribution < 1.29 is 58.2 Å². The maximum Gasteiger partial charge on any atom is 0.329 e. The summed E-state index contributed by atoms with van der Waals surface area (Å²) < 4.78 is 30.1. The lowest BCUT2D eigenvalue weighted by Gasteiger charge is -2.47. The number of esters is 1. The summed E-state index contributed by atoms with van der Waals surface area (Å²) in [7, 11) is 4.69. The summed E-state index contributed by atoms with van der Waals surface area (Å²) in [5, 5.41) is 39.3. The highest BCUT2D eigenvalue weighted by molar-refractivity contribution is 6.39. The van der Waals surface area contributed by atoms with Crippen LogP contribution in [-0.4, -0.2) is 132 Å². The number of rotatable bonds is 8. The molecule has 0 unspecified atom stereocenters. The number of hydrogen-bond donors (Lipinski definition) is 3. The summed E-state index contributed by atoms with van der Waals surface area (Å²) in [5.41, 5.74) is 2.49. The number of Topliss-reactive ketones (excluding diaryl/α,β-unsaturated/α-hetero) is 1. The molecule has 3 aliphatic heterocycles. The van der Waals surface area contributed by atoms with Gasteiger partial charge in [0, 0.05) is 52.0 Å². The zero-order valence-electron chi connectivity index (χ0n) is 38.1. The molecule has 0 radical (unpaired) electrons.